The van der Waals surface area contributed by atoms with Crippen LogP contribution in [0.25, 0.3) is 0 Å². The molecular formula is C12H15N3S. The van der Waals surface area contributed by atoms with E-state index in [1.807, 2.05) is 24.3 Å². The van der Waals surface area contributed by atoms with Crippen molar-refractivity contribution in [3.63, 3.8) is 0 Å². The van der Waals surface area contributed by atoms with E-state index in [0.717, 1.165) is 17.9 Å². The van der Waals surface area contributed by atoms with Gasteiger partial charge in [0, 0.05) is 9.75 Å². The molecule has 0 bridgehead atoms. The van der Waals surface area contributed by atoms with Crippen LogP contribution in [0.2, 0.25) is 0 Å². The van der Waals surface area contributed by atoms with E-state index in [-0.39, 0.29) is 0 Å². The van der Waals surface area contributed by atoms with Crippen molar-refractivity contribution in [1.82, 2.24) is 10.2 Å². The van der Waals surface area contributed by atoms with Crippen LogP contribution in [0, 0.1) is 20.8 Å². The maximum absolute atomic E-state index is 4.03. The highest BCUT2D eigenvalue weighted by Crippen LogP contribution is 2.21. The molecule has 0 radical (unpaired) electrons. The molecule has 0 aliphatic rings. The molecule has 0 saturated carbocycles. The zero-order chi connectivity index (χ0) is 11.5. The molecular weight excluding hydrogens is 218 g/mol. The largest absolute Gasteiger partial charge is 0.364 e. The molecule has 0 spiro atoms. The topological polar surface area (TPSA) is 37.8 Å². The Kier molecular flexibility index (Phi) is 3.19. The van der Waals surface area contributed by atoms with Gasteiger partial charge in [0.2, 0.25) is 0 Å². The first-order chi connectivity index (χ1) is 7.65. The van der Waals surface area contributed by atoms with E-state index in [9.17, 15) is 0 Å². The Balaban J connectivity index is 2.02. The van der Waals surface area contributed by atoms with Gasteiger partial charge in [0.25, 0.3) is 0 Å². The van der Waals surface area contributed by atoms with Gasteiger partial charge in [-0.05, 0) is 44.0 Å². The number of aryl methyl sites for hydroxylation is 3. The van der Waals surface area contributed by atoms with Gasteiger partial charge in [0.15, 0.2) is 0 Å². The van der Waals surface area contributed by atoms with Crippen molar-refractivity contribution in [3.05, 3.63) is 39.2 Å². The van der Waals surface area contributed by atoms with Crippen LogP contribution in [0.3, 0.4) is 0 Å². The smallest absolute Gasteiger partial charge is 0.149 e. The Bertz CT molecular complexity index is 471. The first kappa shape index (κ1) is 11.1. The van der Waals surface area contributed by atoms with E-state index >= 15 is 0 Å². The lowest BCUT2D eigenvalue weighted by atomic mass is 10.3. The Labute approximate surface area is 99.5 Å². The quantitative estimate of drug-likeness (QED) is 0.885. The third-order valence-electron chi connectivity index (χ3n) is 2.45. The van der Waals surface area contributed by atoms with Gasteiger partial charge in [0.1, 0.15) is 5.82 Å². The third kappa shape index (κ3) is 2.58. The maximum Gasteiger partial charge on any atom is 0.149 e. The number of hydrogen-bond acceptors (Lipinski definition) is 4. The molecule has 1 N–H and O–H groups in total. The summed E-state index contributed by atoms with van der Waals surface area (Å²) < 4.78 is 0. The molecule has 4 heteroatoms. The normalized spacial score (nSPS) is 10.4. The molecule has 2 aromatic rings. The first-order valence-corrected chi connectivity index (χ1v) is 6.06. The molecule has 0 saturated heterocycles. The number of anilines is 1. The minimum absolute atomic E-state index is 0.817. The molecule has 0 atom stereocenters. The molecule has 0 aliphatic carbocycles. The van der Waals surface area contributed by atoms with Crippen LogP contribution < -0.4 is 5.32 Å². The minimum atomic E-state index is 0.817. The van der Waals surface area contributed by atoms with E-state index in [4.69, 9.17) is 0 Å². The second-order valence-corrected chi connectivity index (χ2v) is 5.26. The molecule has 0 aromatic carbocycles. The van der Waals surface area contributed by atoms with E-state index in [2.05, 4.69) is 35.4 Å². The molecule has 16 heavy (non-hydrogen) atoms. The molecule has 3 nitrogen and oxygen atoms in total. The van der Waals surface area contributed by atoms with Crippen LogP contribution in [0.5, 0.6) is 0 Å². The predicted molar refractivity (Wildman–Crippen MR) is 67.9 cm³/mol. The van der Waals surface area contributed by atoms with Gasteiger partial charge in [-0.1, -0.05) is 0 Å². The van der Waals surface area contributed by atoms with E-state index in [0.29, 0.717) is 0 Å². The summed E-state index contributed by atoms with van der Waals surface area (Å²) in [6.45, 7) is 7.12. The van der Waals surface area contributed by atoms with Gasteiger partial charge in [-0.25, -0.2) is 0 Å². The summed E-state index contributed by atoms with van der Waals surface area (Å²) in [4.78, 5) is 2.71. The van der Waals surface area contributed by atoms with Crippen LogP contribution in [-0.4, -0.2) is 10.2 Å². The Hall–Kier alpha value is -1.42. The highest BCUT2D eigenvalue weighted by atomic mass is 32.1. The summed E-state index contributed by atoms with van der Waals surface area (Å²) in [5.41, 5.74) is 2.48. The Morgan fingerprint density at radius 1 is 1.25 bits per heavy atom. The number of nitrogens with zero attached hydrogens (tertiary/aromatic N) is 2. The zero-order valence-corrected chi connectivity index (χ0v) is 10.6. The van der Waals surface area contributed by atoms with Gasteiger partial charge in [0.05, 0.1) is 12.7 Å². The molecule has 0 fully saturated rings. The Morgan fingerprint density at radius 3 is 2.69 bits per heavy atom. The van der Waals surface area contributed by atoms with Crippen molar-refractivity contribution in [2.24, 2.45) is 0 Å². The number of rotatable bonds is 3. The summed E-state index contributed by atoms with van der Waals surface area (Å²) in [5, 5.41) is 11.2. The van der Waals surface area contributed by atoms with Crippen molar-refractivity contribution in [1.29, 1.82) is 0 Å². The van der Waals surface area contributed by atoms with E-state index in [1.54, 1.807) is 6.20 Å². The molecule has 2 aromatic heterocycles. The average molecular weight is 233 g/mol. The van der Waals surface area contributed by atoms with Crippen LogP contribution in [0.15, 0.2) is 18.3 Å². The van der Waals surface area contributed by atoms with Crippen molar-refractivity contribution in [2.75, 3.05) is 5.32 Å². The van der Waals surface area contributed by atoms with E-state index in [1.165, 1.54) is 15.3 Å². The second-order valence-electron chi connectivity index (χ2n) is 3.92. The molecule has 2 heterocycles. The predicted octanol–water partition coefficient (Wildman–Crippen LogP) is 3.08. The van der Waals surface area contributed by atoms with Gasteiger partial charge < -0.3 is 5.32 Å². The summed E-state index contributed by atoms with van der Waals surface area (Å²) >= 11 is 1.83. The highest BCUT2D eigenvalue weighted by Gasteiger charge is 2.02. The van der Waals surface area contributed by atoms with Crippen molar-refractivity contribution in [2.45, 2.75) is 27.3 Å². The van der Waals surface area contributed by atoms with Crippen LogP contribution in [0.1, 0.15) is 20.9 Å². The fourth-order valence-electron chi connectivity index (χ4n) is 1.46. The SMILES string of the molecule is Cc1cnnc(NCc2cc(C)c(C)s2)c1. The Morgan fingerprint density at radius 2 is 2.06 bits per heavy atom. The molecule has 0 unspecified atom stereocenters. The van der Waals surface area contributed by atoms with Crippen molar-refractivity contribution in [3.8, 4) is 0 Å². The lowest BCUT2D eigenvalue weighted by molar-refractivity contribution is 0.993. The fourth-order valence-corrected chi connectivity index (χ4v) is 2.46. The van der Waals surface area contributed by atoms with Gasteiger partial charge in [-0.15, -0.1) is 16.4 Å². The molecule has 2 rings (SSSR count). The molecule has 0 amide bonds. The number of hydrogen-bond donors (Lipinski definition) is 1. The fraction of sp³-hybridized carbons (Fsp3) is 0.333. The minimum Gasteiger partial charge on any atom is -0.364 e. The summed E-state index contributed by atoms with van der Waals surface area (Å²) in [5.74, 6) is 0.837. The summed E-state index contributed by atoms with van der Waals surface area (Å²) in [6, 6.07) is 4.22. The third-order valence-corrected chi connectivity index (χ3v) is 3.60. The molecule has 84 valence electrons. The van der Waals surface area contributed by atoms with Crippen molar-refractivity contribution < 1.29 is 0 Å². The number of nitrogens with one attached hydrogen (secondary N) is 1. The van der Waals surface area contributed by atoms with Gasteiger partial charge in [-0.2, -0.15) is 5.10 Å². The number of thiophene rings is 1. The lowest BCUT2D eigenvalue weighted by Crippen LogP contribution is -2.00. The van der Waals surface area contributed by atoms with Crippen LogP contribution in [-0.2, 0) is 6.54 Å². The second kappa shape index (κ2) is 4.61. The first-order valence-electron chi connectivity index (χ1n) is 5.24. The monoisotopic (exact) mass is 233 g/mol. The number of aromatic nitrogens is 2. The van der Waals surface area contributed by atoms with Crippen LogP contribution in [0.4, 0.5) is 5.82 Å². The standard InChI is InChI=1S/C12H15N3S/c1-8-4-12(15-14-6-8)13-7-11-5-9(2)10(3)16-11/h4-6H,7H2,1-3H3,(H,13,15). The van der Waals surface area contributed by atoms with E-state index < -0.39 is 0 Å². The lowest BCUT2D eigenvalue weighted by Gasteiger charge is -2.02. The maximum atomic E-state index is 4.03. The summed E-state index contributed by atoms with van der Waals surface area (Å²) in [7, 11) is 0. The van der Waals surface area contributed by atoms with Crippen LogP contribution >= 0.6 is 11.3 Å². The summed E-state index contributed by atoms with van der Waals surface area (Å²) in [6.07, 6.45) is 1.75. The zero-order valence-electron chi connectivity index (χ0n) is 9.74. The van der Waals surface area contributed by atoms with Gasteiger partial charge in [-0.3, -0.25) is 0 Å². The highest BCUT2D eigenvalue weighted by molar-refractivity contribution is 7.12. The molecule has 0 aliphatic heterocycles. The van der Waals surface area contributed by atoms with Gasteiger partial charge >= 0.3 is 0 Å². The average Bonchev–Trinajstić information content (AvgIpc) is 2.56. The van der Waals surface area contributed by atoms with Crippen molar-refractivity contribution >= 4 is 17.2 Å².